The summed E-state index contributed by atoms with van der Waals surface area (Å²) in [4.78, 5) is 23.8. The molecule has 2 rings (SSSR count). The van der Waals surface area contributed by atoms with Crippen LogP contribution in [0.1, 0.15) is 43.5 Å². The normalized spacial score (nSPS) is 13.6. The highest BCUT2D eigenvalue weighted by Crippen LogP contribution is 2.32. The van der Waals surface area contributed by atoms with Crippen LogP contribution in [0.3, 0.4) is 0 Å². The van der Waals surface area contributed by atoms with Crippen LogP contribution in [0, 0.1) is 0 Å². The van der Waals surface area contributed by atoms with Crippen LogP contribution < -0.4 is 10.6 Å². The molecule has 6 heteroatoms. The zero-order valence-electron chi connectivity index (χ0n) is 13.4. The predicted octanol–water partition coefficient (Wildman–Crippen LogP) is 2.55. The van der Waals surface area contributed by atoms with E-state index in [2.05, 4.69) is 10.6 Å². The minimum atomic E-state index is -0.335. The zero-order valence-corrected chi connectivity index (χ0v) is 13.4. The van der Waals surface area contributed by atoms with Gasteiger partial charge in [0.25, 0.3) is 5.91 Å². The van der Waals surface area contributed by atoms with Crippen LogP contribution in [0.4, 0.5) is 5.69 Å². The molecule has 124 valence electrons. The van der Waals surface area contributed by atoms with Gasteiger partial charge in [-0.15, -0.1) is 0 Å². The molecule has 0 fully saturated rings. The van der Waals surface area contributed by atoms with Crippen LogP contribution in [0.5, 0.6) is 5.75 Å². The van der Waals surface area contributed by atoms with Crippen LogP contribution in [-0.2, 0) is 9.53 Å². The molecule has 0 radical (unpaired) electrons. The molecule has 0 aliphatic heterocycles. The Balaban J connectivity index is 2.15. The third-order valence-electron chi connectivity index (χ3n) is 3.55. The largest absolute Gasteiger partial charge is 0.505 e. The number of aromatic hydroxyl groups is 1. The number of ketones is 1. The third kappa shape index (κ3) is 3.83. The van der Waals surface area contributed by atoms with E-state index in [1.165, 1.54) is 0 Å². The summed E-state index contributed by atoms with van der Waals surface area (Å²) in [5.74, 6) is -0.0107. The van der Waals surface area contributed by atoms with Crippen molar-refractivity contribution in [2.45, 2.75) is 33.1 Å². The van der Waals surface area contributed by atoms with Crippen LogP contribution in [0.25, 0.3) is 0 Å². The van der Waals surface area contributed by atoms with E-state index in [-0.39, 0.29) is 29.4 Å². The topological polar surface area (TPSA) is 87.7 Å². The number of carbonyl (C=O) groups excluding carboxylic acids is 2. The second kappa shape index (κ2) is 7.67. The van der Waals surface area contributed by atoms with Gasteiger partial charge in [-0.25, -0.2) is 0 Å². The molecule has 0 saturated carbocycles. The monoisotopic (exact) mass is 318 g/mol. The van der Waals surface area contributed by atoms with Crippen LogP contribution in [0.2, 0.25) is 0 Å². The smallest absolute Gasteiger partial charge is 0.255 e. The average molecular weight is 318 g/mol. The summed E-state index contributed by atoms with van der Waals surface area (Å²) < 4.78 is 5.35. The number of rotatable bonds is 8. The number of phenols is 1. The van der Waals surface area contributed by atoms with Gasteiger partial charge in [0.2, 0.25) is 0 Å². The van der Waals surface area contributed by atoms with Crippen LogP contribution in [-0.4, -0.2) is 29.9 Å². The maximum atomic E-state index is 12.1. The van der Waals surface area contributed by atoms with E-state index in [0.717, 1.165) is 12.8 Å². The predicted molar refractivity (Wildman–Crippen MR) is 87.2 cm³/mol. The number of amides is 1. The van der Waals surface area contributed by atoms with E-state index in [0.29, 0.717) is 30.3 Å². The lowest BCUT2D eigenvalue weighted by molar-refractivity contribution is -0.118. The maximum Gasteiger partial charge on any atom is 0.255 e. The molecular weight excluding hydrogens is 296 g/mol. The number of benzene rings is 1. The molecule has 0 aromatic heterocycles. The minimum absolute atomic E-state index is 0.0781. The van der Waals surface area contributed by atoms with Gasteiger partial charge < -0.3 is 20.5 Å². The summed E-state index contributed by atoms with van der Waals surface area (Å²) in [6.45, 7) is 4.91. The Morgan fingerprint density at radius 1 is 1.35 bits per heavy atom. The van der Waals surface area contributed by atoms with Crippen molar-refractivity contribution in [3.63, 3.8) is 0 Å². The Morgan fingerprint density at radius 3 is 2.78 bits per heavy atom. The second-order valence-corrected chi connectivity index (χ2v) is 5.27. The Hall–Kier alpha value is -2.50. The molecule has 6 nitrogen and oxygen atoms in total. The van der Waals surface area contributed by atoms with E-state index < -0.39 is 0 Å². The molecule has 1 aliphatic carbocycles. The van der Waals surface area contributed by atoms with Gasteiger partial charge in [-0.05, 0) is 25.5 Å². The molecular formula is C17H22N2O4. The molecule has 3 N–H and O–H groups in total. The summed E-state index contributed by atoms with van der Waals surface area (Å²) >= 11 is 0. The molecule has 23 heavy (non-hydrogen) atoms. The first-order valence-electron chi connectivity index (χ1n) is 7.84. The van der Waals surface area contributed by atoms with Crippen molar-refractivity contribution in [3.05, 3.63) is 35.2 Å². The first-order chi connectivity index (χ1) is 11.1. The molecule has 1 aromatic carbocycles. The van der Waals surface area contributed by atoms with Gasteiger partial charge in [-0.2, -0.15) is 0 Å². The molecule has 0 bridgehead atoms. The van der Waals surface area contributed by atoms with Crippen molar-refractivity contribution in [1.29, 1.82) is 0 Å². The first-order valence-corrected chi connectivity index (χ1v) is 7.84. The van der Waals surface area contributed by atoms with Gasteiger partial charge >= 0.3 is 0 Å². The van der Waals surface area contributed by atoms with Gasteiger partial charge in [0, 0.05) is 6.54 Å². The summed E-state index contributed by atoms with van der Waals surface area (Å²) in [6, 6.07) is 4.81. The molecule has 0 spiro atoms. The molecule has 0 unspecified atom stereocenters. The number of allylic oxidation sites excluding steroid dienone is 2. The number of hydrogen-bond acceptors (Lipinski definition) is 5. The molecule has 1 amide bonds. The number of Topliss-reactive ketones (excluding diaryl/α,β-unsaturated/α-hetero) is 1. The third-order valence-corrected chi connectivity index (χ3v) is 3.55. The minimum Gasteiger partial charge on any atom is -0.505 e. The molecule has 1 aliphatic rings. The van der Waals surface area contributed by atoms with Crippen LogP contribution in [0.15, 0.2) is 29.7 Å². The van der Waals surface area contributed by atoms with Crippen molar-refractivity contribution in [2.75, 3.05) is 18.5 Å². The molecule has 0 heterocycles. The fraction of sp³-hybridized carbons (Fsp3) is 0.412. The highest BCUT2D eigenvalue weighted by Gasteiger charge is 2.29. The Bertz CT molecular complexity index is 637. The summed E-state index contributed by atoms with van der Waals surface area (Å²) in [5, 5.41) is 15.9. The van der Waals surface area contributed by atoms with E-state index in [1.54, 1.807) is 18.2 Å². The lowest BCUT2D eigenvalue weighted by atomic mass is 10.0. The van der Waals surface area contributed by atoms with Gasteiger partial charge in [-0.3, -0.25) is 9.59 Å². The Labute approximate surface area is 135 Å². The number of carbonyl (C=O) groups is 2. The van der Waals surface area contributed by atoms with Gasteiger partial charge in [0.15, 0.2) is 11.5 Å². The van der Waals surface area contributed by atoms with Crippen molar-refractivity contribution in [3.8, 4) is 5.75 Å². The highest BCUT2D eigenvalue weighted by atomic mass is 16.5. The van der Waals surface area contributed by atoms with E-state index in [1.807, 2.05) is 13.8 Å². The van der Waals surface area contributed by atoms with Crippen molar-refractivity contribution < 1.29 is 19.4 Å². The Morgan fingerprint density at radius 2 is 2.13 bits per heavy atom. The quantitative estimate of drug-likeness (QED) is 0.506. The van der Waals surface area contributed by atoms with Gasteiger partial charge in [0.1, 0.15) is 11.5 Å². The summed E-state index contributed by atoms with van der Waals surface area (Å²) in [7, 11) is 0. The van der Waals surface area contributed by atoms with Gasteiger partial charge in [-0.1, -0.05) is 19.4 Å². The number of para-hydroxylation sites is 1. The highest BCUT2D eigenvalue weighted by molar-refractivity contribution is 6.07. The number of nitrogens with one attached hydrogen (secondary N) is 2. The Kier molecular flexibility index (Phi) is 5.62. The van der Waals surface area contributed by atoms with Crippen molar-refractivity contribution in [1.82, 2.24) is 5.32 Å². The average Bonchev–Trinajstić information content (AvgIpc) is 2.53. The van der Waals surface area contributed by atoms with E-state index in [4.69, 9.17) is 4.74 Å². The SMILES string of the molecule is CCCCNC(=O)c1cccc(NC2=C(OCC)CC2=O)c1O. The molecule has 0 atom stereocenters. The number of anilines is 1. The fourth-order valence-corrected chi connectivity index (χ4v) is 2.24. The molecule has 1 aromatic rings. The maximum absolute atomic E-state index is 12.1. The number of phenolic OH excluding ortho intramolecular Hbond substituents is 1. The number of unbranched alkanes of at least 4 members (excludes halogenated alkanes) is 1. The first kappa shape index (κ1) is 16.9. The standard InChI is InChI=1S/C17H22N2O4/c1-3-5-9-18-17(22)11-7-6-8-12(16(11)21)19-15-13(20)10-14(15)23-4-2/h6-8,19,21H,3-5,9-10H2,1-2H3,(H,18,22). The van der Waals surface area contributed by atoms with Crippen molar-refractivity contribution in [2.24, 2.45) is 0 Å². The number of hydrogen-bond donors (Lipinski definition) is 3. The second-order valence-electron chi connectivity index (χ2n) is 5.27. The summed E-state index contributed by atoms with van der Waals surface area (Å²) in [6.07, 6.45) is 2.11. The molecule has 0 saturated heterocycles. The van der Waals surface area contributed by atoms with Gasteiger partial charge in [0.05, 0.1) is 24.3 Å². The fourth-order valence-electron chi connectivity index (χ4n) is 2.24. The van der Waals surface area contributed by atoms with Crippen LogP contribution >= 0.6 is 0 Å². The summed E-state index contributed by atoms with van der Waals surface area (Å²) in [5.41, 5.74) is 0.829. The van der Waals surface area contributed by atoms with Crippen molar-refractivity contribution >= 4 is 17.4 Å². The lowest BCUT2D eigenvalue weighted by Crippen LogP contribution is -2.26. The number of ether oxygens (including phenoxy) is 1. The van der Waals surface area contributed by atoms with E-state index >= 15 is 0 Å². The zero-order chi connectivity index (χ0) is 16.8. The lowest BCUT2D eigenvalue weighted by Gasteiger charge is -2.23. The van der Waals surface area contributed by atoms with E-state index in [9.17, 15) is 14.7 Å².